The molecule has 0 spiro atoms. The van der Waals surface area contributed by atoms with Gasteiger partial charge in [-0.15, -0.1) is 0 Å². The van der Waals surface area contributed by atoms with Gasteiger partial charge in [-0.2, -0.15) is 5.26 Å². The average Bonchev–Trinajstić information content (AvgIpc) is 2.56. The Labute approximate surface area is 106 Å². The van der Waals surface area contributed by atoms with E-state index < -0.39 is 0 Å². The summed E-state index contributed by atoms with van der Waals surface area (Å²) in [4.78, 5) is 4.62. The minimum Gasteiger partial charge on any atom is -0.306 e. The van der Waals surface area contributed by atoms with Crippen molar-refractivity contribution in [3.63, 3.8) is 0 Å². The van der Waals surface area contributed by atoms with Crippen molar-refractivity contribution in [2.24, 2.45) is 0 Å². The molecule has 0 fully saturated rings. The summed E-state index contributed by atoms with van der Waals surface area (Å²) >= 11 is 3.56. The van der Waals surface area contributed by atoms with Crippen LogP contribution in [0.25, 0.3) is 0 Å². The first kappa shape index (κ1) is 13.2. The third kappa shape index (κ3) is 2.65. The normalized spacial score (nSPS) is 12.4. The van der Waals surface area contributed by atoms with E-state index in [4.69, 9.17) is 5.26 Å². The van der Waals surface area contributed by atoms with Gasteiger partial charge in [0.2, 0.25) is 0 Å². The van der Waals surface area contributed by atoms with Crippen molar-refractivity contribution in [1.29, 1.82) is 5.26 Å². The second-order valence-electron chi connectivity index (χ2n) is 3.94. The first-order valence-corrected chi connectivity index (χ1v) is 6.60. The molecule has 0 aliphatic heterocycles. The van der Waals surface area contributed by atoms with Gasteiger partial charge in [-0.25, -0.2) is 4.98 Å². The number of hydrogen-bond donors (Lipinski definition) is 0. The third-order valence-electron chi connectivity index (χ3n) is 2.53. The second-order valence-corrected chi connectivity index (χ2v) is 4.69. The number of imidazole rings is 1. The van der Waals surface area contributed by atoms with E-state index >= 15 is 0 Å². The molecule has 4 heteroatoms. The molecule has 1 heterocycles. The van der Waals surface area contributed by atoms with Crippen LogP contribution in [-0.4, -0.2) is 9.55 Å². The van der Waals surface area contributed by atoms with Crippen LogP contribution >= 0.6 is 15.9 Å². The maximum atomic E-state index is 9.03. The Morgan fingerprint density at radius 3 is 2.50 bits per heavy atom. The lowest BCUT2D eigenvalue weighted by molar-refractivity contribution is 0.611. The van der Waals surface area contributed by atoms with E-state index in [0.29, 0.717) is 0 Å². The van der Waals surface area contributed by atoms with Crippen molar-refractivity contribution < 1.29 is 0 Å². The SMILES string of the molecule is CCCc1nc(CCC)n(C(C)C#N)c1Br. The summed E-state index contributed by atoms with van der Waals surface area (Å²) in [5, 5.41) is 9.03. The maximum absolute atomic E-state index is 9.03. The van der Waals surface area contributed by atoms with Crippen LogP contribution in [-0.2, 0) is 12.8 Å². The molecule has 0 saturated carbocycles. The van der Waals surface area contributed by atoms with Gasteiger partial charge in [0.1, 0.15) is 16.5 Å². The van der Waals surface area contributed by atoms with Crippen molar-refractivity contribution in [2.75, 3.05) is 0 Å². The van der Waals surface area contributed by atoms with Gasteiger partial charge in [0.25, 0.3) is 0 Å². The van der Waals surface area contributed by atoms with Gasteiger partial charge in [0.05, 0.1) is 11.8 Å². The molecule has 3 nitrogen and oxygen atoms in total. The van der Waals surface area contributed by atoms with Crippen LogP contribution in [0.5, 0.6) is 0 Å². The molecule has 0 aromatic carbocycles. The zero-order valence-corrected chi connectivity index (χ0v) is 11.7. The summed E-state index contributed by atoms with van der Waals surface area (Å²) in [6.45, 7) is 6.17. The van der Waals surface area contributed by atoms with Crippen LogP contribution in [0.1, 0.15) is 51.2 Å². The fraction of sp³-hybridized carbons (Fsp3) is 0.667. The lowest BCUT2D eigenvalue weighted by Gasteiger charge is -2.10. The van der Waals surface area contributed by atoms with Crippen molar-refractivity contribution >= 4 is 15.9 Å². The molecule has 0 saturated heterocycles. The number of rotatable bonds is 5. The Morgan fingerprint density at radius 2 is 2.00 bits per heavy atom. The summed E-state index contributed by atoms with van der Waals surface area (Å²) in [5.41, 5.74) is 1.08. The van der Waals surface area contributed by atoms with Crippen molar-refractivity contribution in [3.05, 3.63) is 16.1 Å². The first-order chi connectivity index (χ1) is 7.65. The number of hydrogen-bond acceptors (Lipinski definition) is 2. The highest BCUT2D eigenvalue weighted by atomic mass is 79.9. The lowest BCUT2D eigenvalue weighted by Crippen LogP contribution is -2.07. The van der Waals surface area contributed by atoms with E-state index in [1.165, 1.54) is 0 Å². The van der Waals surface area contributed by atoms with Crippen LogP contribution < -0.4 is 0 Å². The highest BCUT2D eigenvalue weighted by molar-refractivity contribution is 9.10. The third-order valence-corrected chi connectivity index (χ3v) is 3.37. The number of aryl methyl sites for hydroxylation is 2. The van der Waals surface area contributed by atoms with Gasteiger partial charge in [-0.05, 0) is 35.7 Å². The highest BCUT2D eigenvalue weighted by Crippen LogP contribution is 2.25. The standard InChI is InChI=1S/C12H18BrN3/c1-4-6-10-12(13)16(9(3)8-14)11(15-10)7-5-2/h9H,4-7H2,1-3H3. The van der Waals surface area contributed by atoms with Gasteiger partial charge >= 0.3 is 0 Å². The van der Waals surface area contributed by atoms with Gasteiger partial charge < -0.3 is 4.57 Å². The molecule has 1 atom stereocenters. The summed E-state index contributed by atoms with van der Waals surface area (Å²) in [7, 11) is 0. The number of nitriles is 1. The Kier molecular flexibility index (Phi) is 5.01. The number of halogens is 1. The summed E-state index contributed by atoms with van der Waals surface area (Å²) in [5.74, 6) is 1.02. The monoisotopic (exact) mass is 283 g/mol. The predicted molar refractivity (Wildman–Crippen MR) is 68.2 cm³/mol. The van der Waals surface area contributed by atoms with Gasteiger partial charge in [0, 0.05) is 6.42 Å². The van der Waals surface area contributed by atoms with E-state index in [9.17, 15) is 0 Å². The molecule has 1 unspecified atom stereocenters. The Morgan fingerprint density at radius 1 is 1.38 bits per heavy atom. The van der Waals surface area contributed by atoms with E-state index in [1.54, 1.807) is 0 Å². The quantitative estimate of drug-likeness (QED) is 0.828. The van der Waals surface area contributed by atoms with E-state index in [-0.39, 0.29) is 6.04 Å². The highest BCUT2D eigenvalue weighted by Gasteiger charge is 2.17. The largest absolute Gasteiger partial charge is 0.306 e. The van der Waals surface area contributed by atoms with E-state index in [2.05, 4.69) is 40.8 Å². The van der Waals surface area contributed by atoms with Crippen LogP contribution in [0.15, 0.2) is 4.60 Å². The molecule has 88 valence electrons. The smallest absolute Gasteiger partial charge is 0.120 e. The molecule has 16 heavy (non-hydrogen) atoms. The van der Waals surface area contributed by atoms with Gasteiger partial charge in [-0.1, -0.05) is 20.3 Å². The summed E-state index contributed by atoms with van der Waals surface area (Å²) < 4.78 is 2.99. The summed E-state index contributed by atoms with van der Waals surface area (Å²) in [6.07, 6.45) is 4.01. The van der Waals surface area contributed by atoms with Crippen LogP contribution in [0.4, 0.5) is 0 Å². The number of nitrogens with zero attached hydrogens (tertiary/aromatic N) is 3. The molecular formula is C12H18BrN3. The molecule has 1 rings (SSSR count). The van der Waals surface area contributed by atoms with Crippen molar-refractivity contribution in [2.45, 2.75) is 52.5 Å². The molecule has 0 aliphatic rings. The fourth-order valence-corrected chi connectivity index (χ4v) is 2.55. The molecule has 0 N–H and O–H groups in total. The van der Waals surface area contributed by atoms with Gasteiger partial charge in [0.15, 0.2) is 0 Å². The minimum absolute atomic E-state index is 0.158. The Hall–Kier alpha value is -0.820. The Balaban J connectivity index is 3.15. The zero-order chi connectivity index (χ0) is 12.1. The molecule has 1 aromatic heterocycles. The topological polar surface area (TPSA) is 41.6 Å². The fourth-order valence-electron chi connectivity index (χ4n) is 1.76. The Bertz CT molecular complexity index is 390. The molecule has 1 aromatic rings. The first-order valence-electron chi connectivity index (χ1n) is 5.80. The van der Waals surface area contributed by atoms with Gasteiger partial charge in [-0.3, -0.25) is 0 Å². The molecular weight excluding hydrogens is 266 g/mol. The number of aromatic nitrogens is 2. The van der Waals surface area contributed by atoms with Crippen LogP contribution in [0.2, 0.25) is 0 Å². The summed E-state index contributed by atoms with van der Waals surface area (Å²) in [6, 6.07) is 2.11. The second kappa shape index (κ2) is 6.05. The molecule has 0 bridgehead atoms. The minimum atomic E-state index is -0.158. The lowest BCUT2D eigenvalue weighted by atomic mass is 10.3. The maximum Gasteiger partial charge on any atom is 0.120 e. The van der Waals surface area contributed by atoms with Crippen molar-refractivity contribution in [3.8, 4) is 6.07 Å². The van der Waals surface area contributed by atoms with Crippen LogP contribution in [0, 0.1) is 11.3 Å². The van der Waals surface area contributed by atoms with Crippen molar-refractivity contribution in [1.82, 2.24) is 9.55 Å². The molecule has 0 radical (unpaired) electrons. The molecule has 0 amide bonds. The molecule has 0 aliphatic carbocycles. The predicted octanol–water partition coefficient (Wildman–Crippen LogP) is 3.64. The van der Waals surface area contributed by atoms with E-state index in [0.717, 1.165) is 41.8 Å². The zero-order valence-electron chi connectivity index (χ0n) is 10.1. The van der Waals surface area contributed by atoms with E-state index in [1.807, 2.05) is 11.5 Å². The average molecular weight is 284 g/mol. The van der Waals surface area contributed by atoms with Crippen LogP contribution in [0.3, 0.4) is 0 Å².